The van der Waals surface area contributed by atoms with Crippen molar-refractivity contribution in [2.24, 2.45) is 0 Å². The number of carbonyl (C=O) groups is 1. The Labute approximate surface area is 136 Å². The Kier molecular flexibility index (Phi) is 8.38. The Morgan fingerprint density at radius 1 is 1.29 bits per heavy atom. The van der Waals surface area contributed by atoms with E-state index in [2.05, 4.69) is 46.9 Å². The fourth-order valence-corrected chi connectivity index (χ4v) is 2.43. The van der Waals surface area contributed by atoms with Gasteiger partial charge in [-0.1, -0.05) is 20.8 Å². The van der Waals surface area contributed by atoms with Crippen LogP contribution in [0.25, 0.3) is 0 Å². The predicted octanol–water partition coefficient (Wildman–Crippen LogP) is 3.31. The lowest BCUT2D eigenvalue weighted by molar-refractivity contribution is 0.0949. The van der Waals surface area contributed by atoms with Crippen LogP contribution in [0.2, 0.25) is 0 Å². The molecule has 0 aliphatic carbocycles. The first-order chi connectivity index (χ1) is 10.1. The van der Waals surface area contributed by atoms with Gasteiger partial charge in [0.05, 0.1) is 11.1 Å². The van der Waals surface area contributed by atoms with E-state index in [-0.39, 0.29) is 5.91 Å². The van der Waals surface area contributed by atoms with Gasteiger partial charge in [0.25, 0.3) is 5.91 Å². The highest BCUT2D eigenvalue weighted by molar-refractivity contribution is 9.10. The van der Waals surface area contributed by atoms with Crippen molar-refractivity contribution in [3.63, 3.8) is 0 Å². The Balaban J connectivity index is 2.52. The minimum absolute atomic E-state index is 0.0510. The number of nitrogens with zero attached hydrogens (tertiary/aromatic N) is 1. The van der Waals surface area contributed by atoms with Crippen molar-refractivity contribution < 1.29 is 9.53 Å². The second kappa shape index (κ2) is 9.79. The summed E-state index contributed by atoms with van der Waals surface area (Å²) in [4.78, 5) is 14.4. The minimum atomic E-state index is -0.0510. The Hall–Kier alpha value is -1.07. The lowest BCUT2D eigenvalue weighted by Crippen LogP contribution is -2.34. The number of hydrogen-bond donors (Lipinski definition) is 1. The third-order valence-corrected chi connectivity index (χ3v) is 3.88. The molecule has 0 bridgehead atoms. The minimum Gasteiger partial charge on any atom is -0.492 e. The van der Waals surface area contributed by atoms with Gasteiger partial charge in [-0.15, -0.1) is 0 Å². The zero-order valence-corrected chi connectivity index (χ0v) is 14.7. The van der Waals surface area contributed by atoms with Crippen LogP contribution in [0.3, 0.4) is 0 Å². The molecule has 0 aromatic heterocycles. The molecule has 0 fully saturated rings. The molecule has 0 heterocycles. The number of likely N-dealkylation sites (N-methyl/N-ethyl adjacent to an activating group) is 1. The van der Waals surface area contributed by atoms with Crippen LogP contribution >= 0.6 is 15.9 Å². The van der Waals surface area contributed by atoms with Crippen LogP contribution in [0, 0.1) is 0 Å². The van der Waals surface area contributed by atoms with E-state index in [0.717, 1.165) is 36.3 Å². The van der Waals surface area contributed by atoms with E-state index in [1.54, 1.807) is 12.1 Å². The normalized spacial score (nSPS) is 10.7. The average Bonchev–Trinajstić information content (AvgIpc) is 2.50. The summed E-state index contributed by atoms with van der Waals surface area (Å²) in [6.07, 6.45) is 0.958. The molecule has 0 unspecified atom stereocenters. The van der Waals surface area contributed by atoms with Crippen molar-refractivity contribution >= 4 is 21.8 Å². The Morgan fingerprint density at radius 3 is 2.57 bits per heavy atom. The highest BCUT2D eigenvalue weighted by Crippen LogP contribution is 2.26. The molecule has 1 aromatic rings. The molecule has 0 aliphatic rings. The number of benzene rings is 1. The van der Waals surface area contributed by atoms with Crippen molar-refractivity contribution in [2.75, 3.05) is 32.8 Å². The van der Waals surface area contributed by atoms with Crippen molar-refractivity contribution in [1.29, 1.82) is 0 Å². The average molecular weight is 357 g/mol. The van der Waals surface area contributed by atoms with Crippen LogP contribution < -0.4 is 10.1 Å². The van der Waals surface area contributed by atoms with Gasteiger partial charge in [-0.25, -0.2) is 0 Å². The van der Waals surface area contributed by atoms with Gasteiger partial charge in [0.15, 0.2) is 0 Å². The van der Waals surface area contributed by atoms with E-state index in [1.807, 2.05) is 6.07 Å². The SMILES string of the molecule is CCCOc1ccc(C(=O)NCCN(CC)CC)cc1Br. The van der Waals surface area contributed by atoms with Crippen molar-refractivity contribution in [2.45, 2.75) is 27.2 Å². The Morgan fingerprint density at radius 2 is 2.00 bits per heavy atom. The standard InChI is InChI=1S/C16H25BrN2O2/c1-4-11-21-15-8-7-13(12-14(15)17)16(20)18-9-10-19(5-2)6-3/h7-8,12H,4-6,9-11H2,1-3H3,(H,18,20). The number of amides is 1. The molecule has 0 aliphatic heterocycles. The first-order valence-electron chi connectivity index (χ1n) is 7.55. The molecular formula is C16H25BrN2O2. The monoisotopic (exact) mass is 356 g/mol. The third kappa shape index (κ3) is 6.06. The molecular weight excluding hydrogens is 332 g/mol. The van der Waals surface area contributed by atoms with Crippen molar-refractivity contribution in [1.82, 2.24) is 10.2 Å². The van der Waals surface area contributed by atoms with Crippen LogP contribution in [0.5, 0.6) is 5.75 Å². The molecule has 118 valence electrons. The van der Waals surface area contributed by atoms with Crippen molar-refractivity contribution in [3.05, 3.63) is 28.2 Å². The van der Waals surface area contributed by atoms with E-state index < -0.39 is 0 Å². The number of carbonyl (C=O) groups excluding carboxylic acids is 1. The van der Waals surface area contributed by atoms with Crippen LogP contribution in [0.4, 0.5) is 0 Å². The number of rotatable bonds is 9. The number of ether oxygens (including phenoxy) is 1. The second-order valence-corrected chi connectivity index (χ2v) is 5.63. The summed E-state index contributed by atoms with van der Waals surface area (Å²) in [6.45, 7) is 10.5. The third-order valence-electron chi connectivity index (χ3n) is 3.26. The molecule has 0 radical (unpaired) electrons. The van der Waals surface area contributed by atoms with E-state index in [1.165, 1.54) is 0 Å². The fourth-order valence-electron chi connectivity index (χ4n) is 1.94. The maximum Gasteiger partial charge on any atom is 0.251 e. The highest BCUT2D eigenvalue weighted by atomic mass is 79.9. The Bertz CT molecular complexity index is 448. The summed E-state index contributed by atoms with van der Waals surface area (Å²) in [5.41, 5.74) is 0.644. The van der Waals surface area contributed by atoms with E-state index >= 15 is 0 Å². The number of nitrogens with one attached hydrogen (secondary N) is 1. The molecule has 1 N–H and O–H groups in total. The topological polar surface area (TPSA) is 41.6 Å². The summed E-state index contributed by atoms with van der Waals surface area (Å²) in [5, 5.41) is 2.95. The summed E-state index contributed by atoms with van der Waals surface area (Å²) >= 11 is 3.45. The van der Waals surface area contributed by atoms with E-state index in [0.29, 0.717) is 18.7 Å². The summed E-state index contributed by atoms with van der Waals surface area (Å²) in [5.74, 6) is 0.724. The van der Waals surface area contributed by atoms with E-state index in [9.17, 15) is 4.79 Å². The van der Waals surface area contributed by atoms with Crippen molar-refractivity contribution in [3.8, 4) is 5.75 Å². The van der Waals surface area contributed by atoms with Crippen LogP contribution in [0.1, 0.15) is 37.6 Å². The number of halogens is 1. The molecule has 5 heteroatoms. The van der Waals surface area contributed by atoms with Gasteiger partial charge < -0.3 is 15.0 Å². The molecule has 0 saturated carbocycles. The summed E-state index contributed by atoms with van der Waals surface area (Å²) in [7, 11) is 0. The summed E-state index contributed by atoms with van der Waals surface area (Å²) < 4.78 is 6.39. The molecule has 1 rings (SSSR count). The molecule has 0 spiro atoms. The molecule has 0 saturated heterocycles. The van der Waals surface area contributed by atoms with Crippen LogP contribution in [-0.4, -0.2) is 43.6 Å². The van der Waals surface area contributed by atoms with Gasteiger partial charge in [0, 0.05) is 18.7 Å². The molecule has 21 heavy (non-hydrogen) atoms. The fraction of sp³-hybridized carbons (Fsp3) is 0.562. The first-order valence-corrected chi connectivity index (χ1v) is 8.34. The van der Waals surface area contributed by atoms with E-state index in [4.69, 9.17) is 4.74 Å². The smallest absolute Gasteiger partial charge is 0.251 e. The van der Waals surface area contributed by atoms with Crippen LogP contribution in [-0.2, 0) is 0 Å². The van der Waals surface area contributed by atoms with Gasteiger partial charge in [0.2, 0.25) is 0 Å². The summed E-state index contributed by atoms with van der Waals surface area (Å²) in [6, 6.07) is 5.43. The van der Waals surface area contributed by atoms with Crippen LogP contribution in [0.15, 0.2) is 22.7 Å². The second-order valence-electron chi connectivity index (χ2n) is 4.78. The largest absolute Gasteiger partial charge is 0.492 e. The van der Waals surface area contributed by atoms with Gasteiger partial charge in [-0.3, -0.25) is 4.79 Å². The maximum atomic E-state index is 12.1. The van der Waals surface area contributed by atoms with Gasteiger partial charge in [0.1, 0.15) is 5.75 Å². The van der Waals surface area contributed by atoms with Gasteiger partial charge >= 0.3 is 0 Å². The first kappa shape index (κ1) is 18.0. The quantitative estimate of drug-likeness (QED) is 0.737. The maximum absolute atomic E-state index is 12.1. The highest BCUT2D eigenvalue weighted by Gasteiger charge is 2.09. The lowest BCUT2D eigenvalue weighted by atomic mass is 10.2. The predicted molar refractivity (Wildman–Crippen MR) is 90.0 cm³/mol. The lowest BCUT2D eigenvalue weighted by Gasteiger charge is -2.18. The molecule has 1 amide bonds. The number of hydrogen-bond acceptors (Lipinski definition) is 3. The zero-order valence-electron chi connectivity index (χ0n) is 13.1. The molecule has 4 nitrogen and oxygen atoms in total. The zero-order chi connectivity index (χ0) is 15.7. The molecule has 1 aromatic carbocycles. The molecule has 0 atom stereocenters. The van der Waals surface area contributed by atoms with Gasteiger partial charge in [-0.05, 0) is 53.6 Å². The van der Waals surface area contributed by atoms with Gasteiger partial charge in [-0.2, -0.15) is 0 Å².